The first-order valence-electron chi connectivity index (χ1n) is 3.75. The fourth-order valence-corrected chi connectivity index (χ4v) is 1.19. The molecule has 0 saturated carbocycles. The van der Waals surface area contributed by atoms with Gasteiger partial charge < -0.3 is 4.98 Å². The number of nitrogens with one attached hydrogen (secondary N) is 1. The summed E-state index contributed by atoms with van der Waals surface area (Å²) < 4.78 is 13.1. The van der Waals surface area contributed by atoms with Crippen LogP contribution in [0.3, 0.4) is 0 Å². The molecule has 2 rings (SSSR count). The molecule has 2 aromatic rings. The van der Waals surface area contributed by atoms with E-state index in [1.165, 1.54) is 6.07 Å². The lowest BCUT2D eigenvalue weighted by atomic mass is 10.1. The molecule has 12 heavy (non-hydrogen) atoms. The fourth-order valence-electron chi connectivity index (χ4n) is 1.19. The number of benzene rings is 1. The maximum absolute atomic E-state index is 13.1. The maximum atomic E-state index is 13.1. The molecule has 0 fully saturated rings. The Morgan fingerprint density at radius 3 is 2.58 bits per heavy atom. The van der Waals surface area contributed by atoms with Gasteiger partial charge in [-0.1, -0.05) is 18.2 Å². The molecule has 0 aliphatic carbocycles. The molecule has 60 valence electrons. The van der Waals surface area contributed by atoms with Crippen LogP contribution in [0.15, 0.2) is 42.7 Å². The number of hydrogen-bond acceptors (Lipinski definition) is 0. The van der Waals surface area contributed by atoms with Crippen molar-refractivity contribution in [1.29, 1.82) is 0 Å². The zero-order valence-corrected chi connectivity index (χ0v) is 6.42. The van der Waals surface area contributed by atoms with Crippen molar-refractivity contribution in [2.75, 3.05) is 0 Å². The highest BCUT2D eigenvalue weighted by Gasteiger charge is 2.02. The summed E-state index contributed by atoms with van der Waals surface area (Å²) >= 11 is 0. The Hall–Kier alpha value is -1.57. The number of hydrogen-bond donors (Lipinski definition) is 1. The summed E-state index contributed by atoms with van der Waals surface area (Å²) in [5, 5.41) is 0. The van der Waals surface area contributed by atoms with Crippen LogP contribution in [0.2, 0.25) is 0 Å². The van der Waals surface area contributed by atoms with Crippen molar-refractivity contribution in [2.24, 2.45) is 0 Å². The zero-order valence-electron chi connectivity index (χ0n) is 6.42. The Morgan fingerprint density at radius 2 is 1.92 bits per heavy atom. The number of aromatic nitrogens is 1. The van der Waals surface area contributed by atoms with E-state index in [0.717, 1.165) is 5.56 Å². The van der Waals surface area contributed by atoms with Gasteiger partial charge in [0.1, 0.15) is 5.82 Å². The van der Waals surface area contributed by atoms with Gasteiger partial charge in [-0.3, -0.25) is 0 Å². The second-order valence-electron chi connectivity index (χ2n) is 2.58. The molecule has 1 aromatic heterocycles. The van der Waals surface area contributed by atoms with Crippen molar-refractivity contribution in [3.8, 4) is 11.1 Å². The summed E-state index contributed by atoms with van der Waals surface area (Å²) in [4.78, 5) is 2.89. The van der Waals surface area contributed by atoms with Crippen LogP contribution in [-0.2, 0) is 0 Å². The molecule has 0 amide bonds. The topological polar surface area (TPSA) is 15.8 Å². The van der Waals surface area contributed by atoms with Crippen LogP contribution in [0.1, 0.15) is 0 Å². The third-order valence-electron chi connectivity index (χ3n) is 1.78. The van der Waals surface area contributed by atoms with Gasteiger partial charge in [0.15, 0.2) is 0 Å². The molecule has 1 N–H and O–H groups in total. The molecule has 0 aliphatic rings. The molecule has 0 unspecified atom stereocenters. The van der Waals surface area contributed by atoms with E-state index in [9.17, 15) is 4.39 Å². The number of halogens is 1. The van der Waals surface area contributed by atoms with Crippen molar-refractivity contribution in [1.82, 2.24) is 4.98 Å². The van der Waals surface area contributed by atoms with Gasteiger partial charge >= 0.3 is 0 Å². The number of rotatable bonds is 1. The molecule has 0 atom stereocenters. The largest absolute Gasteiger partial charge is 0.367 e. The van der Waals surface area contributed by atoms with E-state index in [4.69, 9.17) is 0 Å². The minimum Gasteiger partial charge on any atom is -0.367 e. The average molecular weight is 161 g/mol. The normalized spacial score (nSPS) is 10.1. The average Bonchev–Trinajstić information content (AvgIpc) is 2.57. The van der Waals surface area contributed by atoms with Crippen LogP contribution in [0.25, 0.3) is 11.1 Å². The van der Waals surface area contributed by atoms with Gasteiger partial charge in [-0.15, -0.1) is 0 Å². The Bertz CT molecular complexity index is 365. The first-order valence-corrected chi connectivity index (χ1v) is 3.75. The van der Waals surface area contributed by atoms with E-state index in [1.54, 1.807) is 24.5 Å². The van der Waals surface area contributed by atoms with Gasteiger partial charge in [0.25, 0.3) is 0 Å². The predicted octanol–water partition coefficient (Wildman–Crippen LogP) is 2.82. The number of H-pyrrole nitrogens is 1. The second kappa shape index (κ2) is 2.81. The lowest BCUT2D eigenvalue weighted by Crippen LogP contribution is -1.79. The summed E-state index contributed by atoms with van der Waals surface area (Å²) in [7, 11) is 0. The summed E-state index contributed by atoms with van der Waals surface area (Å²) in [6, 6.07) is 8.58. The molecule has 0 radical (unpaired) electrons. The lowest BCUT2D eigenvalue weighted by Gasteiger charge is -1.97. The molecule has 1 aromatic carbocycles. The number of aromatic amines is 1. The first kappa shape index (κ1) is 7.10. The molecule has 0 bridgehead atoms. The van der Waals surface area contributed by atoms with Crippen molar-refractivity contribution >= 4 is 0 Å². The molecular weight excluding hydrogens is 153 g/mol. The third kappa shape index (κ3) is 1.11. The Kier molecular flexibility index (Phi) is 1.67. The van der Waals surface area contributed by atoms with Crippen molar-refractivity contribution in [2.45, 2.75) is 0 Å². The van der Waals surface area contributed by atoms with Crippen LogP contribution in [0.4, 0.5) is 4.39 Å². The highest BCUT2D eigenvalue weighted by atomic mass is 19.1. The van der Waals surface area contributed by atoms with E-state index >= 15 is 0 Å². The smallest absolute Gasteiger partial charge is 0.131 e. The van der Waals surface area contributed by atoms with Gasteiger partial charge in [-0.05, 0) is 12.1 Å². The minimum absolute atomic E-state index is 0.183. The monoisotopic (exact) mass is 161 g/mol. The molecule has 0 aliphatic heterocycles. The summed E-state index contributed by atoms with van der Waals surface area (Å²) in [6.45, 7) is 0. The maximum Gasteiger partial charge on any atom is 0.131 e. The van der Waals surface area contributed by atoms with E-state index in [0.29, 0.717) is 5.56 Å². The van der Waals surface area contributed by atoms with Gasteiger partial charge in [-0.2, -0.15) is 0 Å². The molecule has 0 spiro atoms. The first-order chi connectivity index (χ1) is 5.88. The zero-order chi connectivity index (χ0) is 8.39. The standard InChI is InChI=1S/C10H8FN/c11-10-4-2-1-3-9(10)8-5-6-12-7-8/h1-7,12H. The molecule has 2 heteroatoms. The Morgan fingerprint density at radius 1 is 1.08 bits per heavy atom. The minimum atomic E-state index is -0.183. The molecule has 0 saturated heterocycles. The van der Waals surface area contributed by atoms with E-state index in [1.807, 2.05) is 12.1 Å². The van der Waals surface area contributed by atoms with Gasteiger partial charge in [-0.25, -0.2) is 4.39 Å². The van der Waals surface area contributed by atoms with Gasteiger partial charge in [0.2, 0.25) is 0 Å². The van der Waals surface area contributed by atoms with Crippen molar-refractivity contribution < 1.29 is 4.39 Å². The Labute approximate surface area is 69.9 Å². The van der Waals surface area contributed by atoms with Crippen molar-refractivity contribution in [3.63, 3.8) is 0 Å². The van der Waals surface area contributed by atoms with Crippen LogP contribution < -0.4 is 0 Å². The molecule has 1 nitrogen and oxygen atoms in total. The SMILES string of the molecule is Fc1ccccc1-c1cc[nH]c1. The van der Waals surface area contributed by atoms with Crippen LogP contribution >= 0.6 is 0 Å². The third-order valence-corrected chi connectivity index (χ3v) is 1.78. The predicted molar refractivity (Wildman–Crippen MR) is 46.2 cm³/mol. The summed E-state index contributed by atoms with van der Waals surface area (Å²) in [6.07, 6.45) is 3.56. The fraction of sp³-hybridized carbons (Fsp3) is 0. The van der Waals surface area contributed by atoms with E-state index in [-0.39, 0.29) is 5.82 Å². The summed E-state index contributed by atoms with van der Waals surface area (Å²) in [5.41, 5.74) is 1.52. The van der Waals surface area contributed by atoms with Crippen LogP contribution in [0, 0.1) is 5.82 Å². The van der Waals surface area contributed by atoms with Gasteiger partial charge in [0.05, 0.1) is 0 Å². The van der Waals surface area contributed by atoms with Crippen LogP contribution in [0.5, 0.6) is 0 Å². The van der Waals surface area contributed by atoms with Crippen LogP contribution in [-0.4, -0.2) is 4.98 Å². The highest BCUT2D eigenvalue weighted by Crippen LogP contribution is 2.20. The van der Waals surface area contributed by atoms with Gasteiger partial charge in [0, 0.05) is 23.5 Å². The molecule has 1 heterocycles. The quantitative estimate of drug-likeness (QED) is 0.662. The van der Waals surface area contributed by atoms with Crippen molar-refractivity contribution in [3.05, 3.63) is 48.5 Å². The lowest BCUT2D eigenvalue weighted by molar-refractivity contribution is 0.631. The second-order valence-corrected chi connectivity index (χ2v) is 2.58. The molecular formula is C10H8FN. The Balaban J connectivity index is 2.55. The highest BCUT2D eigenvalue weighted by molar-refractivity contribution is 5.62. The van der Waals surface area contributed by atoms with E-state index in [2.05, 4.69) is 4.98 Å². The van der Waals surface area contributed by atoms with E-state index < -0.39 is 0 Å². The summed E-state index contributed by atoms with van der Waals surface area (Å²) in [5.74, 6) is -0.183.